The lowest BCUT2D eigenvalue weighted by Gasteiger charge is -2.28. The van der Waals surface area contributed by atoms with Crippen LogP contribution in [0.1, 0.15) is 35.3 Å². The van der Waals surface area contributed by atoms with Gasteiger partial charge in [-0.05, 0) is 65.9 Å². The molecule has 0 aromatic heterocycles. The van der Waals surface area contributed by atoms with E-state index in [0.717, 1.165) is 6.42 Å². The Bertz CT molecular complexity index is 1460. The summed E-state index contributed by atoms with van der Waals surface area (Å²) in [5.74, 6) is -0.692. The van der Waals surface area contributed by atoms with Gasteiger partial charge in [0.25, 0.3) is 0 Å². The molecule has 0 radical (unpaired) electrons. The maximum absolute atomic E-state index is 11.6. The summed E-state index contributed by atoms with van der Waals surface area (Å²) < 4.78 is 5.76. The minimum Gasteiger partial charge on any atom is -0.489 e. The summed E-state index contributed by atoms with van der Waals surface area (Å²) in [6, 6.07) is 28.4. The molecule has 0 aliphatic carbocycles. The lowest BCUT2D eigenvalue weighted by molar-refractivity contribution is 0.0697. The number of carboxylic acid groups (broad SMARTS) is 1. The normalized spacial score (nSPS) is 12.2. The molecule has 0 aliphatic heterocycles. The molecule has 0 saturated heterocycles. The number of nitriles is 1. The minimum absolute atomic E-state index is 0.0127. The number of hydrogen-bond donors (Lipinski definition) is 3. The fraction of sp³-hybridized carbons (Fsp3) is 0.226. The summed E-state index contributed by atoms with van der Waals surface area (Å²) >= 11 is 0. The van der Waals surface area contributed by atoms with E-state index in [1.54, 1.807) is 36.4 Å². The molecule has 0 fully saturated rings. The average Bonchev–Trinajstić information content (AvgIpc) is 2.90. The standard InChI is InChI=1S/C31H30N2O4/c1-31(2,17-21-11-12-22-7-3-4-8-23(22)15-21)33-19-26(34)20-37-29-14-13-24(16-25(29)18-32)27-9-5-6-10-28(27)30(35)36/h3-16,26,33-34H,17,19-20H2,1-2H3,(H,35,36)/t26-/m1/s1. The van der Waals surface area contributed by atoms with Crippen molar-refractivity contribution in [3.63, 3.8) is 0 Å². The van der Waals surface area contributed by atoms with Crippen LogP contribution in [0.3, 0.4) is 0 Å². The largest absolute Gasteiger partial charge is 0.489 e. The summed E-state index contributed by atoms with van der Waals surface area (Å²) in [4.78, 5) is 11.6. The van der Waals surface area contributed by atoms with Crippen molar-refractivity contribution >= 4 is 16.7 Å². The van der Waals surface area contributed by atoms with Crippen molar-refractivity contribution in [2.45, 2.75) is 31.9 Å². The monoisotopic (exact) mass is 494 g/mol. The highest BCUT2D eigenvalue weighted by Crippen LogP contribution is 2.29. The third kappa shape index (κ3) is 6.53. The number of rotatable bonds is 10. The Morgan fingerprint density at radius 2 is 1.73 bits per heavy atom. The first-order chi connectivity index (χ1) is 17.8. The number of benzene rings is 4. The van der Waals surface area contributed by atoms with Gasteiger partial charge >= 0.3 is 5.97 Å². The van der Waals surface area contributed by atoms with Crippen LogP contribution in [0.2, 0.25) is 0 Å². The molecule has 0 amide bonds. The Hall–Kier alpha value is -4.18. The van der Waals surface area contributed by atoms with E-state index in [1.165, 1.54) is 22.4 Å². The van der Waals surface area contributed by atoms with Crippen molar-refractivity contribution in [2.75, 3.05) is 13.2 Å². The van der Waals surface area contributed by atoms with Gasteiger partial charge in [-0.2, -0.15) is 5.26 Å². The Kier molecular flexibility index (Phi) is 7.88. The van der Waals surface area contributed by atoms with Crippen molar-refractivity contribution < 1.29 is 19.7 Å². The number of carboxylic acids is 1. The number of hydrogen-bond acceptors (Lipinski definition) is 5. The Morgan fingerprint density at radius 1 is 1.00 bits per heavy atom. The van der Waals surface area contributed by atoms with Crippen LogP contribution in [-0.4, -0.2) is 41.0 Å². The number of aliphatic hydroxyl groups excluding tert-OH is 1. The van der Waals surface area contributed by atoms with E-state index < -0.39 is 12.1 Å². The lowest BCUT2D eigenvalue weighted by Crippen LogP contribution is -2.46. The molecule has 4 aromatic carbocycles. The van der Waals surface area contributed by atoms with E-state index in [4.69, 9.17) is 4.74 Å². The second kappa shape index (κ2) is 11.3. The van der Waals surface area contributed by atoms with Gasteiger partial charge in [-0.1, -0.05) is 66.7 Å². The van der Waals surface area contributed by atoms with Crippen LogP contribution in [-0.2, 0) is 6.42 Å². The molecule has 0 heterocycles. The number of aromatic carboxylic acids is 1. The Morgan fingerprint density at radius 3 is 2.49 bits per heavy atom. The first kappa shape index (κ1) is 25.9. The van der Waals surface area contributed by atoms with Gasteiger partial charge in [0, 0.05) is 12.1 Å². The third-order valence-corrected chi connectivity index (χ3v) is 6.28. The highest BCUT2D eigenvalue weighted by Gasteiger charge is 2.20. The summed E-state index contributed by atoms with van der Waals surface area (Å²) in [7, 11) is 0. The summed E-state index contributed by atoms with van der Waals surface area (Å²) in [6.45, 7) is 4.53. The van der Waals surface area contributed by atoms with Crippen molar-refractivity contribution in [3.8, 4) is 22.9 Å². The fourth-order valence-electron chi connectivity index (χ4n) is 4.39. The maximum atomic E-state index is 11.6. The molecule has 0 saturated carbocycles. The second-order valence-electron chi connectivity index (χ2n) is 9.76. The van der Waals surface area contributed by atoms with E-state index in [-0.39, 0.29) is 23.3 Å². The number of fused-ring (bicyclic) bond motifs is 1. The zero-order chi connectivity index (χ0) is 26.4. The number of carbonyl (C=O) groups is 1. The molecule has 4 rings (SSSR count). The first-order valence-corrected chi connectivity index (χ1v) is 12.2. The quantitative estimate of drug-likeness (QED) is 0.272. The van der Waals surface area contributed by atoms with E-state index in [9.17, 15) is 20.3 Å². The van der Waals surface area contributed by atoms with Crippen LogP contribution in [0.15, 0.2) is 84.9 Å². The molecule has 1 atom stereocenters. The topological polar surface area (TPSA) is 103 Å². The maximum Gasteiger partial charge on any atom is 0.336 e. The molecule has 0 spiro atoms. The highest BCUT2D eigenvalue weighted by molar-refractivity contribution is 5.96. The summed E-state index contributed by atoms with van der Waals surface area (Å²) in [5.41, 5.74) is 2.53. The third-order valence-electron chi connectivity index (χ3n) is 6.28. The Labute approximate surface area is 216 Å². The molecule has 6 nitrogen and oxygen atoms in total. The molecule has 0 unspecified atom stereocenters. The van der Waals surface area contributed by atoms with Crippen LogP contribution in [0.4, 0.5) is 0 Å². The fourth-order valence-corrected chi connectivity index (χ4v) is 4.39. The van der Waals surface area contributed by atoms with Gasteiger partial charge in [0.05, 0.1) is 11.1 Å². The number of aliphatic hydroxyl groups is 1. The van der Waals surface area contributed by atoms with Crippen LogP contribution in [0.25, 0.3) is 21.9 Å². The zero-order valence-corrected chi connectivity index (χ0v) is 20.9. The molecule has 188 valence electrons. The highest BCUT2D eigenvalue weighted by atomic mass is 16.5. The summed E-state index contributed by atoms with van der Waals surface area (Å²) in [6.07, 6.45) is 0.0124. The molecular formula is C31H30N2O4. The number of β-amino-alcohol motifs (C(OH)–C–C–N with tert-alkyl or cyclic N) is 1. The summed E-state index contributed by atoms with van der Waals surface area (Å²) in [5, 5.41) is 35.5. The average molecular weight is 495 g/mol. The van der Waals surface area contributed by atoms with Gasteiger partial charge in [0.1, 0.15) is 24.5 Å². The molecular weight excluding hydrogens is 464 g/mol. The van der Waals surface area contributed by atoms with E-state index in [0.29, 0.717) is 23.4 Å². The van der Waals surface area contributed by atoms with Crippen LogP contribution in [0.5, 0.6) is 5.75 Å². The SMILES string of the molecule is CC(C)(Cc1ccc2ccccc2c1)NC[C@@H](O)COc1ccc(-c2ccccc2C(=O)O)cc1C#N. The van der Waals surface area contributed by atoms with Gasteiger partial charge in [-0.3, -0.25) is 0 Å². The number of nitrogens with zero attached hydrogens (tertiary/aromatic N) is 1. The molecule has 37 heavy (non-hydrogen) atoms. The van der Waals surface area contributed by atoms with Gasteiger partial charge in [-0.25, -0.2) is 4.79 Å². The van der Waals surface area contributed by atoms with Crippen molar-refractivity contribution in [1.29, 1.82) is 5.26 Å². The predicted molar refractivity (Wildman–Crippen MR) is 145 cm³/mol. The van der Waals surface area contributed by atoms with Gasteiger partial charge < -0.3 is 20.3 Å². The Balaban J connectivity index is 1.35. The van der Waals surface area contributed by atoms with Gasteiger partial charge in [0.15, 0.2) is 0 Å². The lowest BCUT2D eigenvalue weighted by atomic mass is 9.93. The molecule has 4 aromatic rings. The van der Waals surface area contributed by atoms with Gasteiger partial charge in [0.2, 0.25) is 0 Å². The smallest absolute Gasteiger partial charge is 0.336 e. The molecule has 6 heteroatoms. The van der Waals surface area contributed by atoms with Crippen molar-refractivity contribution in [2.24, 2.45) is 0 Å². The minimum atomic E-state index is -1.03. The van der Waals surface area contributed by atoms with Crippen molar-refractivity contribution in [1.82, 2.24) is 5.32 Å². The number of ether oxygens (including phenoxy) is 1. The first-order valence-electron chi connectivity index (χ1n) is 12.2. The molecule has 0 aliphatic rings. The predicted octanol–water partition coefficient (Wildman–Crippen LogP) is 5.43. The van der Waals surface area contributed by atoms with Crippen LogP contribution >= 0.6 is 0 Å². The van der Waals surface area contributed by atoms with E-state index >= 15 is 0 Å². The molecule has 3 N–H and O–H groups in total. The van der Waals surface area contributed by atoms with Crippen LogP contribution in [0, 0.1) is 11.3 Å². The van der Waals surface area contributed by atoms with E-state index in [2.05, 4.69) is 55.6 Å². The second-order valence-corrected chi connectivity index (χ2v) is 9.76. The van der Waals surface area contributed by atoms with E-state index in [1.807, 2.05) is 12.1 Å². The van der Waals surface area contributed by atoms with Gasteiger partial charge in [-0.15, -0.1) is 0 Å². The zero-order valence-electron chi connectivity index (χ0n) is 20.9. The van der Waals surface area contributed by atoms with Crippen molar-refractivity contribution in [3.05, 3.63) is 102 Å². The number of nitrogens with one attached hydrogen (secondary N) is 1. The van der Waals surface area contributed by atoms with Crippen LogP contribution < -0.4 is 10.1 Å². The molecule has 0 bridgehead atoms.